The third kappa shape index (κ3) is 2.65. The Hall–Kier alpha value is -1.27. The molecule has 16 heavy (non-hydrogen) atoms. The first-order chi connectivity index (χ1) is 7.79. The maximum absolute atomic E-state index is 11.7. The van der Waals surface area contributed by atoms with Crippen LogP contribution in [0.1, 0.15) is 0 Å². The molecule has 1 saturated heterocycles. The molecule has 1 aromatic heterocycles. The third-order valence-corrected chi connectivity index (χ3v) is 3.19. The molecule has 2 N–H and O–H groups in total. The SMILES string of the molecule is COc1ccc(NC(=O)[C@H]2CSCN2)cn1. The lowest BCUT2D eigenvalue weighted by atomic mass is 10.3. The fraction of sp³-hybridized carbons (Fsp3) is 0.400. The fourth-order valence-electron chi connectivity index (χ4n) is 1.37. The highest BCUT2D eigenvalue weighted by molar-refractivity contribution is 7.99. The molecule has 2 rings (SSSR count). The number of aromatic nitrogens is 1. The van der Waals surface area contributed by atoms with Crippen LogP contribution in [0.25, 0.3) is 0 Å². The smallest absolute Gasteiger partial charge is 0.242 e. The molecule has 0 saturated carbocycles. The van der Waals surface area contributed by atoms with E-state index in [2.05, 4.69) is 15.6 Å². The predicted octanol–water partition coefficient (Wildman–Crippen LogP) is 0.691. The lowest BCUT2D eigenvalue weighted by Gasteiger charge is -2.10. The zero-order valence-corrected chi connectivity index (χ0v) is 9.71. The normalized spacial score (nSPS) is 19.4. The standard InChI is InChI=1S/C10H13N3O2S/c1-15-9-3-2-7(4-11-9)13-10(14)8-5-16-6-12-8/h2-4,8,12H,5-6H2,1H3,(H,13,14)/t8-/m1/s1. The van der Waals surface area contributed by atoms with Crippen LogP contribution in [0.15, 0.2) is 18.3 Å². The lowest BCUT2D eigenvalue weighted by molar-refractivity contribution is -0.117. The van der Waals surface area contributed by atoms with Gasteiger partial charge in [0.05, 0.1) is 25.0 Å². The maximum atomic E-state index is 11.7. The number of hydrogen-bond acceptors (Lipinski definition) is 5. The summed E-state index contributed by atoms with van der Waals surface area (Å²) in [5.74, 6) is 2.17. The van der Waals surface area contributed by atoms with E-state index in [9.17, 15) is 4.79 Å². The van der Waals surface area contributed by atoms with Crippen LogP contribution < -0.4 is 15.4 Å². The first kappa shape index (κ1) is 11.2. The summed E-state index contributed by atoms with van der Waals surface area (Å²) in [5.41, 5.74) is 0.685. The number of hydrogen-bond donors (Lipinski definition) is 2. The summed E-state index contributed by atoms with van der Waals surface area (Å²) in [6.07, 6.45) is 1.58. The quantitative estimate of drug-likeness (QED) is 0.812. The van der Waals surface area contributed by atoms with E-state index >= 15 is 0 Å². The molecule has 1 fully saturated rings. The monoisotopic (exact) mass is 239 g/mol. The summed E-state index contributed by atoms with van der Waals surface area (Å²) in [4.78, 5) is 15.7. The van der Waals surface area contributed by atoms with Crippen molar-refractivity contribution in [3.8, 4) is 5.88 Å². The maximum Gasteiger partial charge on any atom is 0.242 e. The van der Waals surface area contributed by atoms with Gasteiger partial charge in [0.1, 0.15) is 0 Å². The number of rotatable bonds is 3. The molecule has 0 unspecified atom stereocenters. The van der Waals surface area contributed by atoms with Crippen molar-refractivity contribution in [2.45, 2.75) is 6.04 Å². The summed E-state index contributed by atoms with van der Waals surface area (Å²) >= 11 is 1.72. The molecule has 0 aliphatic carbocycles. The molecule has 1 atom stereocenters. The average molecular weight is 239 g/mol. The van der Waals surface area contributed by atoms with E-state index in [1.807, 2.05) is 0 Å². The minimum absolute atomic E-state index is 0.0167. The highest BCUT2D eigenvalue weighted by Crippen LogP contribution is 2.14. The first-order valence-corrected chi connectivity index (χ1v) is 6.07. The second kappa shape index (κ2) is 5.18. The van der Waals surface area contributed by atoms with Crippen molar-refractivity contribution in [1.29, 1.82) is 0 Å². The Bertz CT molecular complexity index is 363. The van der Waals surface area contributed by atoms with Crippen LogP contribution in [0.3, 0.4) is 0 Å². The summed E-state index contributed by atoms with van der Waals surface area (Å²) in [6, 6.07) is 3.38. The minimum Gasteiger partial charge on any atom is -0.481 e. The molecule has 1 aromatic rings. The highest BCUT2D eigenvalue weighted by atomic mass is 32.2. The molecule has 5 nitrogen and oxygen atoms in total. The molecular weight excluding hydrogens is 226 g/mol. The van der Waals surface area contributed by atoms with E-state index in [-0.39, 0.29) is 11.9 Å². The second-order valence-electron chi connectivity index (χ2n) is 3.35. The zero-order chi connectivity index (χ0) is 11.4. The van der Waals surface area contributed by atoms with Crippen LogP contribution in [0.4, 0.5) is 5.69 Å². The number of methoxy groups -OCH3 is 1. The van der Waals surface area contributed by atoms with Gasteiger partial charge >= 0.3 is 0 Å². The summed E-state index contributed by atoms with van der Waals surface area (Å²) in [7, 11) is 1.56. The van der Waals surface area contributed by atoms with Gasteiger partial charge in [0.2, 0.25) is 11.8 Å². The molecular formula is C10H13N3O2S. The molecule has 6 heteroatoms. The van der Waals surface area contributed by atoms with Crippen molar-refractivity contribution in [3.63, 3.8) is 0 Å². The molecule has 1 aliphatic heterocycles. The van der Waals surface area contributed by atoms with Crippen molar-refractivity contribution in [3.05, 3.63) is 18.3 Å². The molecule has 2 heterocycles. The Morgan fingerprint density at radius 3 is 3.12 bits per heavy atom. The Kier molecular flexibility index (Phi) is 3.63. The topological polar surface area (TPSA) is 63.2 Å². The Morgan fingerprint density at radius 1 is 1.69 bits per heavy atom. The van der Waals surface area contributed by atoms with Gasteiger partial charge in [-0.05, 0) is 6.07 Å². The van der Waals surface area contributed by atoms with Gasteiger partial charge < -0.3 is 10.1 Å². The van der Waals surface area contributed by atoms with Gasteiger partial charge in [-0.2, -0.15) is 0 Å². The van der Waals surface area contributed by atoms with E-state index in [1.54, 1.807) is 37.2 Å². The van der Waals surface area contributed by atoms with Crippen LogP contribution in [0.2, 0.25) is 0 Å². The molecule has 1 amide bonds. The third-order valence-electron chi connectivity index (χ3n) is 2.25. The predicted molar refractivity (Wildman–Crippen MR) is 63.7 cm³/mol. The Labute approximate surface area is 98.0 Å². The number of amides is 1. The Morgan fingerprint density at radius 2 is 2.56 bits per heavy atom. The number of anilines is 1. The zero-order valence-electron chi connectivity index (χ0n) is 8.90. The number of pyridine rings is 1. The molecule has 1 aliphatic rings. The van der Waals surface area contributed by atoms with E-state index < -0.39 is 0 Å². The van der Waals surface area contributed by atoms with Crippen LogP contribution >= 0.6 is 11.8 Å². The number of thioether (sulfide) groups is 1. The van der Waals surface area contributed by atoms with Crippen LogP contribution in [-0.2, 0) is 4.79 Å². The number of carbonyl (C=O) groups excluding carboxylic acids is 1. The molecule has 0 aromatic carbocycles. The van der Waals surface area contributed by atoms with Crippen LogP contribution in [-0.4, -0.2) is 35.7 Å². The van der Waals surface area contributed by atoms with Crippen molar-refractivity contribution >= 4 is 23.4 Å². The van der Waals surface area contributed by atoms with Crippen LogP contribution in [0.5, 0.6) is 5.88 Å². The van der Waals surface area contributed by atoms with Gasteiger partial charge in [0.25, 0.3) is 0 Å². The van der Waals surface area contributed by atoms with Gasteiger partial charge in [-0.15, -0.1) is 11.8 Å². The van der Waals surface area contributed by atoms with E-state index in [0.29, 0.717) is 11.6 Å². The highest BCUT2D eigenvalue weighted by Gasteiger charge is 2.22. The summed E-state index contributed by atoms with van der Waals surface area (Å²) in [6.45, 7) is 0. The van der Waals surface area contributed by atoms with Gasteiger partial charge in [-0.3, -0.25) is 10.1 Å². The van der Waals surface area contributed by atoms with E-state index in [0.717, 1.165) is 11.6 Å². The first-order valence-electron chi connectivity index (χ1n) is 4.91. The van der Waals surface area contributed by atoms with E-state index in [1.165, 1.54) is 0 Å². The molecule has 0 spiro atoms. The van der Waals surface area contributed by atoms with Crippen molar-refractivity contribution in [2.24, 2.45) is 0 Å². The largest absolute Gasteiger partial charge is 0.481 e. The van der Waals surface area contributed by atoms with Crippen molar-refractivity contribution < 1.29 is 9.53 Å². The molecule has 86 valence electrons. The summed E-state index contributed by atoms with van der Waals surface area (Å²) in [5, 5.41) is 5.91. The second-order valence-corrected chi connectivity index (χ2v) is 4.38. The van der Waals surface area contributed by atoms with Gasteiger partial charge in [-0.1, -0.05) is 0 Å². The number of ether oxygens (including phenoxy) is 1. The van der Waals surface area contributed by atoms with Gasteiger partial charge in [0.15, 0.2) is 0 Å². The molecule has 0 radical (unpaired) electrons. The van der Waals surface area contributed by atoms with Crippen molar-refractivity contribution in [1.82, 2.24) is 10.3 Å². The number of carbonyl (C=O) groups is 1. The Balaban J connectivity index is 1.94. The van der Waals surface area contributed by atoms with Gasteiger partial charge in [-0.25, -0.2) is 4.98 Å². The minimum atomic E-state index is -0.105. The van der Waals surface area contributed by atoms with Crippen molar-refractivity contribution in [2.75, 3.05) is 24.1 Å². The van der Waals surface area contributed by atoms with Gasteiger partial charge in [0, 0.05) is 17.7 Å². The number of nitrogens with zero attached hydrogens (tertiary/aromatic N) is 1. The average Bonchev–Trinajstić information content (AvgIpc) is 2.83. The lowest BCUT2D eigenvalue weighted by Crippen LogP contribution is -2.37. The number of nitrogens with one attached hydrogen (secondary N) is 2. The van der Waals surface area contributed by atoms with Crippen LogP contribution in [0, 0.1) is 0 Å². The summed E-state index contributed by atoms with van der Waals surface area (Å²) < 4.78 is 4.93. The molecule has 0 bridgehead atoms. The van der Waals surface area contributed by atoms with E-state index in [4.69, 9.17) is 4.74 Å². The fourth-order valence-corrected chi connectivity index (χ4v) is 2.31.